The van der Waals surface area contributed by atoms with Crippen molar-refractivity contribution in [2.45, 2.75) is 218 Å². The van der Waals surface area contributed by atoms with Crippen molar-refractivity contribution in [1.82, 2.24) is 5.32 Å². The van der Waals surface area contributed by atoms with Crippen molar-refractivity contribution in [1.29, 1.82) is 0 Å². The Morgan fingerprint density at radius 1 is 0.581 bits per heavy atom. The second kappa shape index (κ2) is 34.0. The van der Waals surface area contributed by atoms with Crippen molar-refractivity contribution in [3.05, 3.63) is 12.2 Å². The third kappa shape index (κ3) is 30.9. The lowest BCUT2D eigenvalue weighted by molar-refractivity contribution is -0.124. The maximum absolute atomic E-state index is 12.3. The molecule has 0 bridgehead atoms. The monoisotopic (exact) mass is 610 g/mol. The summed E-state index contributed by atoms with van der Waals surface area (Å²) in [6.45, 7) is 4.19. The highest BCUT2D eigenvalue weighted by molar-refractivity contribution is 5.76. The minimum atomic E-state index is -0.922. The fourth-order valence-corrected chi connectivity index (χ4v) is 5.87. The topological polar surface area (TPSA) is 89.8 Å². The molecule has 0 saturated carbocycles. The van der Waals surface area contributed by atoms with Crippen LogP contribution in [0, 0.1) is 0 Å². The maximum Gasteiger partial charge on any atom is 0.222 e. The number of aliphatic hydroxyl groups excluding tert-OH is 3. The summed E-state index contributed by atoms with van der Waals surface area (Å²) in [4.78, 5) is 12.3. The molecule has 0 fully saturated rings. The van der Waals surface area contributed by atoms with Gasteiger partial charge in [-0.25, -0.2) is 0 Å². The number of hydrogen-bond donors (Lipinski definition) is 4. The van der Waals surface area contributed by atoms with Crippen molar-refractivity contribution in [3.8, 4) is 0 Å². The van der Waals surface area contributed by atoms with Gasteiger partial charge >= 0.3 is 0 Å². The Balaban J connectivity index is 3.67. The van der Waals surface area contributed by atoms with Gasteiger partial charge in [0.25, 0.3) is 0 Å². The maximum atomic E-state index is 12.3. The van der Waals surface area contributed by atoms with E-state index in [0.29, 0.717) is 6.42 Å². The van der Waals surface area contributed by atoms with Crippen molar-refractivity contribution in [3.63, 3.8) is 0 Å². The predicted molar refractivity (Wildman–Crippen MR) is 185 cm³/mol. The van der Waals surface area contributed by atoms with E-state index in [1.165, 1.54) is 148 Å². The first-order chi connectivity index (χ1) is 21.0. The van der Waals surface area contributed by atoms with Crippen LogP contribution in [-0.2, 0) is 4.79 Å². The van der Waals surface area contributed by atoms with E-state index in [9.17, 15) is 20.1 Å². The molecule has 0 saturated heterocycles. The Labute approximate surface area is 268 Å². The number of unbranched alkanes of at least 4 members (excludes halogenated alkanes) is 25. The van der Waals surface area contributed by atoms with Gasteiger partial charge in [-0.1, -0.05) is 187 Å². The van der Waals surface area contributed by atoms with Crippen LogP contribution in [0.15, 0.2) is 12.2 Å². The van der Waals surface area contributed by atoms with Gasteiger partial charge in [-0.15, -0.1) is 0 Å². The molecule has 256 valence electrons. The van der Waals surface area contributed by atoms with E-state index in [1.54, 1.807) is 6.08 Å². The second-order valence-electron chi connectivity index (χ2n) is 13.2. The summed E-state index contributed by atoms with van der Waals surface area (Å²) in [6, 6.07) is -0.737. The summed E-state index contributed by atoms with van der Waals surface area (Å²) in [7, 11) is 0. The fraction of sp³-hybridized carbons (Fsp3) is 0.921. The van der Waals surface area contributed by atoms with Gasteiger partial charge in [-0.05, 0) is 19.3 Å². The summed E-state index contributed by atoms with van der Waals surface area (Å²) in [5.41, 5.74) is 0. The molecule has 0 aromatic carbocycles. The van der Waals surface area contributed by atoms with Gasteiger partial charge in [0.05, 0.1) is 31.3 Å². The average Bonchev–Trinajstić information content (AvgIpc) is 3.00. The van der Waals surface area contributed by atoms with Crippen LogP contribution in [0.4, 0.5) is 0 Å². The minimum Gasteiger partial charge on any atom is -0.394 e. The third-order valence-corrected chi connectivity index (χ3v) is 8.82. The summed E-state index contributed by atoms with van der Waals surface area (Å²) >= 11 is 0. The van der Waals surface area contributed by atoms with Gasteiger partial charge in [-0.2, -0.15) is 0 Å². The molecular formula is C38H75NO4. The van der Waals surface area contributed by atoms with Crippen LogP contribution in [0.1, 0.15) is 200 Å². The summed E-state index contributed by atoms with van der Waals surface area (Å²) < 4.78 is 0. The van der Waals surface area contributed by atoms with Crippen LogP contribution >= 0.6 is 0 Å². The van der Waals surface area contributed by atoms with Crippen molar-refractivity contribution < 1.29 is 20.1 Å². The molecule has 0 radical (unpaired) electrons. The Bertz CT molecular complexity index is 596. The second-order valence-corrected chi connectivity index (χ2v) is 13.2. The Morgan fingerprint density at radius 3 is 1.35 bits per heavy atom. The molecule has 0 aliphatic heterocycles. The van der Waals surface area contributed by atoms with E-state index in [4.69, 9.17) is 0 Å². The van der Waals surface area contributed by atoms with Gasteiger partial charge in [0.15, 0.2) is 0 Å². The lowest BCUT2D eigenvalue weighted by atomic mass is 10.0. The Kier molecular flexibility index (Phi) is 33.3. The lowest BCUT2D eigenvalue weighted by Crippen LogP contribution is -2.45. The highest BCUT2D eigenvalue weighted by Gasteiger charge is 2.20. The van der Waals surface area contributed by atoms with E-state index >= 15 is 0 Å². The van der Waals surface area contributed by atoms with E-state index in [2.05, 4.69) is 19.2 Å². The first kappa shape index (κ1) is 42.1. The molecule has 0 spiro atoms. The number of hydrogen-bond acceptors (Lipinski definition) is 4. The number of allylic oxidation sites excluding steroid dienone is 1. The van der Waals surface area contributed by atoms with Crippen molar-refractivity contribution in [2.75, 3.05) is 6.61 Å². The molecule has 3 atom stereocenters. The van der Waals surface area contributed by atoms with E-state index in [1.807, 2.05) is 6.08 Å². The zero-order valence-corrected chi connectivity index (χ0v) is 28.8. The summed E-state index contributed by atoms with van der Waals surface area (Å²) in [5, 5.41) is 33.0. The van der Waals surface area contributed by atoms with Gasteiger partial charge in [0, 0.05) is 0 Å². The number of nitrogens with one attached hydrogen (secondary N) is 1. The highest BCUT2D eigenvalue weighted by Crippen LogP contribution is 2.15. The number of amides is 1. The molecular weight excluding hydrogens is 534 g/mol. The van der Waals surface area contributed by atoms with Crippen LogP contribution in [0.2, 0.25) is 0 Å². The molecule has 0 aromatic heterocycles. The van der Waals surface area contributed by atoms with Crippen LogP contribution in [0.3, 0.4) is 0 Å². The Hall–Kier alpha value is -0.910. The van der Waals surface area contributed by atoms with Gasteiger partial charge in [0.1, 0.15) is 0 Å². The molecule has 0 aliphatic rings. The molecule has 5 heteroatoms. The fourth-order valence-electron chi connectivity index (χ4n) is 5.87. The third-order valence-electron chi connectivity index (χ3n) is 8.82. The van der Waals surface area contributed by atoms with E-state index < -0.39 is 18.2 Å². The lowest BCUT2D eigenvalue weighted by Gasteiger charge is -2.21. The zero-order chi connectivity index (χ0) is 31.6. The molecule has 5 nitrogen and oxygen atoms in total. The molecule has 0 aliphatic carbocycles. The SMILES string of the molecule is CCCCCCCCCCCCCCCCCCC/C=C/C(O)C(CO)NC(=O)CC(O)CCCCCCCCCCC. The largest absolute Gasteiger partial charge is 0.394 e. The summed E-state index contributed by atoms with van der Waals surface area (Å²) in [6.07, 6.45) is 37.7. The average molecular weight is 610 g/mol. The number of carbonyl (C=O) groups excluding carboxylic acids is 1. The first-order valence-corrected chi connectivity index (χ1v) is 19.0. The zero-order valence-electron chi connectivity index (χ0n) is 28.8. The van der Waals surface area contributed by atoms with Crippen LogP contribution in [-0.4, -0.2) is 46.1 Å². The minimum absolute atomic E-state index is 0.0171. The van der Waals surface area contributed by atoms with Gasteiger partial charge < -0.3 is 20.6 Å². The highest BCUT2D eigenvalue weighted by atomic mass is 16.3. The van der Waals surface area contributed by atoms with Crippen LogP contribution < -0.4 is 5.32 Å². The Morgan fingerprint density at radius 2 is 0.953 bits per heavy atom. The van der Waals surface area contributed by atoms with Crippen molar-refractivity contribution >= 4 is 5.91 Å². The molecule has 0 rings (SSSR count). The molecule has 4 N–H and O–H groups in total. The van der Waals surface area contributed by atoms with E-state index in [0.717, 1.165) is 25.7 Å². The number of carbonyl (C=O) groups is 1. The van der Waals surface area contributed by atoms with Gasteiger partial charge in [0.2, 0.25) is 5.91 Å². The molecule has 43 heavy (non-hydrogen) atoms. The quantitative estimate of drug-likeness (QED) is 0.0432. The van der Waals surface area contributed by atoms with Crippen LogP contribution in [0.25, 0.3) is 0 Å². The number of aliphatic hydroxyl groups is 3. The molecule has 1 amide bonds. The normalized spacial score (nSPS) is 13.9. The van der Waals surface area contributed by atoms with Gasteiger partial charge in [-0.3, -0.25) is 4.79 Å². The molecule has 0 heterocycles. The standard InChI is InChI=1S/C38H75NO4/c1-3-5-7-9-11-13-14-15-16-17-18-19-20-21-22-24-26-28-30-32-37(42)36(34-40)39-38(43)33-35(41)31-29-27-25-23-12-10-8-6-4-2/h30,32,35-37,40-42H,3-29,31,33-34H2,1-2H3,(H,39,43)/b32-30+. The van der Waals surface area contributed by atoms with E-state index in [-0.39, 0.29) is 18.9 Å². The van der Waals surface area contributed by atoms with Crippen LogP contribution in [0.5, 0.6) is 0 Å². The first-order valence-electron chi connectivity index (χ1n) is 19.0. The summed E-state index contributed by atoms with van der Waals surface area (Å²) in [5.74, 6) is -0.317. The molecule has 3 unspecified atom stereocenters. The smallest absolute Gasteiger partial charge is 0.222 e. The van der Waals surface area contributed by atoms with Crippen molar-refractivity contribution in [2.24, 2.45) is 0 Å². The predicted octanol–water partition coefficient (Wildman–Crippen LogP) is 10.1. The molecule has 0 aromatic rings. The number of rotatable bonds is 34.